The highest BCUT2D eigenvalue weighted by Gasteiger charge is 2.12. The summed E-state index contributed by atoms with van der Waals surface area (Å²) >= 11 is 13.7. The Balaban J connectivity index is 1.84. The number of aryl methyl sites for hydroxylation is 2. The van der Waals surface area contributed by atoms with Crippen LogP contribution in [0.15, 0.2) is 48.5 Å². The van der Waals surface area contributed by atoms with Gasteiger partial charge < -0.3 is 9.47 Å². The minimum absolute atomic E-state index is 0.0369. The third-order valence-corrected chi connectivity index (χ3v) is 6.02. The Bertz CT molecular complexity index is 1070. The van der Waals surface area contributed by atoms with E-state index in [1.165, 1.54) is 0 Å². The number of ether oxygens (including phenoxy) is 2. The van der Waals surface area contributed by atoms with Crippen molar-refractivity contribution < 1.29 is 14.3 Å². The lowest BCUT2D eigenvalue weighted by Crippen LogP contribution is -2.00. The summed E-state index contributed by atoms with van der Waals surface area (Å²) in [6.45, 7) is 4.24. The van der Waals surface area contributed by atoms with Gasteiger partial charge in [0.1, 0.15) is 6.61 Å². The minimum atomic E-state index is -0.0369. The van der Waals surface area contributed by atoms with Crippen LogP contribution in [0.1, 0.15) is 31.2 Å². The molecule has 3 rings (SSSR count). The fourth-order valence-electron chi connectivity index (χ4n) is 2.89. The number of rotatable bonds is 7. The topological polar surface area (TPSA) is 35.5 Å². The van der Waals surface area contributed by atoms with Gasteiger partial charge in [-0.15, -0.1) is 11.3 Å². The quantitative estimate of drug-likeness (QED) is 0.285. The highest BCUT2D eigenvalue weighted by Crippen LogP contribution is 2.33. The number of para-hydroxylation sites is 1. The molecule has 0 radical (unpaired) electrons. The van der Waals surface area contributed by atoms with Crippen molar-refractivity contribution >= 4 is 46.4 Å². The van der Waals surface area contributed by atoms with Gasteiger partial charge in [-0.25, -0.2) is 0 Å². The van der Waals surface area contributed by atoms with Crippen LogP contribution in [0, 0.1) is 13.8 Å². The molecule has 0 N–H and O–H groups in total. The lowest BCUT2D eigenvalue weighted by molar-refractivity contribution is 0.104. The normalized spacial score (nSPS) is 11.1. The summed E-state index contributed by atoms with van der Waals surface area (Å²) in [6, 6.07) is 12.8. The summed E-state index contributed by atoms with van der Waals surface area (Å²) < 4.78 is 11.5. The van der Waals surface area contributed by atoms with Crippen LogP contribution in [0.2, 0.25) is 10.0 Å². The number of thiophene rings is 1. The molecule has 0 bridgehead atoms. The van der Waals surface area contributed by atoms with E-state index in [0.717, 1.165) is 26.4 Å². The number of carbonyl (C=O) groups is 1. The molecule has 1 heterocycles. The molecule has 0 fully saturated rings. The maximum absolute atomic E-state index is 12.6. The zero-order valence-corrected chi connectivity index (χ0v) is 18.6. The Kier molecular flexibility index (Phi) is 7.01. The first kappa shape index (κ1) is 21.4. The fraction of sp³-hybridized carbons (Fsp3) is 0.174. The van der Waals surface area contributed by atoms with E-state index in [0.29, 0.717) is 21.5 Å². The molecule has 3 aromatic rings. The van der Waals surface area contributed by atoms with Gasteiger partial charge in [-0.2, -0.15) is 0 Å². The van der Waals surface area contributed by atoms with Gasteiger partial charge >= 0.3 is 0 Å². The monoisotopic (exact) mass is 446 g/mol. The zero-order chi connectivity index (χ0) is 21.0. The number of halogens is 2. The van der Waals surface area contributed by atoms with Crippen LogP contribution >= 0.6 is 34.5 Å². The van der Waals surface area contributed by atoms with Crippen molar-refractivity contribution in [1.29, 1.82) is 0 Å². The molecule has 0 amide bonds. The molecular formula is C23H20Cl2O3S. The van der Waals surface area contributed by atoms with Crippen LogP contribution in [0.3, 0.4) is 0 Å². The van der Waals surface area contributed by atoms with E-state index in [4.69, 9.17) is 32.7 Å². The summed E-state index contributed by atoms with van der Waals surface area (Å²) in [4.78, 5) is 14.7. The maximum atomic E-state index is 12.6. The lowest BCUT2D eigenvalue weighted by atomic mass is 10.1. The molecule has 2 aromatic carbocycles. The molecule has 1 aromatic heterocycles. The van der Waals surface area contributed by atoms with Crippen molar-refractivity contribution in [2.24, 2.45) is 0 Å². The van der Waals surface area contributed by atoms with E-state index in [1.807, 2.05) is 44.2 Å². The molecule has 0 atom stereocenters. The second kappa shape index (κ2) is 9.49. The molecule has 0 saturated carbocycles. The Morgan fingerprint density at radius 1 is 1.10 bits per heavy atom. The molecule has 0 aliphatic carbocycles. The summed E-state index contributed by atoms with van der Waals surface area (Å²) in [6.07, 6.45) is 3.32. The van der Waals surface area contributed by atoms with E-state index in [9.17, 15) is 4.79 Å². The molecule has 150 valence electrons. The number of hydrogen-bond donors (Lipinski definition) is 0. The first-order valence-corrected chi connectivity index (χ1v) is 10.5. The standard InChI is InChI=1S/C23H20Cl2O3S/c1-14-11-18(15(2)29-14)21(26)10-8-17-5-4-6-22(27-3)23(17)28-13-16-7-9-19(24)20(25)12-16/h4-12H,13H2,1-3H3/b10-8+. The second-order valence-corrected chi connectivity index (χ2v) is 8.72. The number of methoxy groups -OCH3 is 1. The van der Waals surface area contributed by atoms with Crippen LogP contribution in [-0.2, 0) is 6.61 Å². The minimum Gasteiger partial charge on any atom is -0.493 e. The Labute approximate surface area is 184 Å². The number of allylic oxidation sites excluding steroid dienone is 1. The predicted octanol–water partition coefficient (Wildman–Crippen LogP) is 7.16. The number of carbonyl (C=O) groups excluding carboxylic acids is 1. The Morgan fingerprint density at radius 3 is 2.55 bits per heavy atom. The smallest absolute Gasteiger partial charge is 0.186 e. The van der Waals surface area contributed by atoms with Gasteiger partial charge in [-0.05, 0) is 55.8 Å². The van der Waals surface area contributed by atoms with Crippen molar-refractivity contribution in [3.05, 3.63) is 85.0 Å². The van der Waals surface area contributed by atoms with Crippen molar-refractivity contribution in [2.75, 3.05) is 7.11 Å². The largest absolute Gasteiger partial charge is 0.493 e. The van der Waals surface area contributed by atoms with Gasteiger partial charge in [-0.3, -0.25) is 4.79 Å². The van der Waals surface area contributed by atoms with E-state index >= 15 is 0 Å². The summed E-state index contributed by atoms with van der Waals surface area (Å²) in [5.74, 6) is 1.11. The van der Waals surface area contributed by atoms with Gasteiger partial charge in [0.05, 0.1) is 17.2 Å². The van der Waals surface area contributed by atoms with Gasteiger partial charge in [-0.1, -0.05) is 41.4 Å². The van der Waals surface area contributed by atoms with E-state index in [1.54, 1.807) is 42.7 Å². The third kappa shape index (κ3) is 5.21. The van der Waals surface area contributed by atoms with Crippen molar-refractivity contribution in [3.63, 3.8) is 0 Å². The SMILES string of the molecule is COc1cccc(/C=C/C(=O)c2cc(C)sc2C)c1OCc1ccc(Cl)c(Cl)c1. The summed E-state index contributed by atoms with van der Waals surface area (Å²) in [5.41, 5.74) is 2.35. The molecular weight excluding hydrogens is 427 g/mol. The molecule has 0 unspecified atom stereocenters. The number of hydrogen-bond acceptors (Lipinski definition) is 4. The molecule has 0 aliphatic rings. The average molecular weight is 447 g/mol. The van der Waals surface area contributed by atoms with Crippen molar-refractivity contribution in [1.82, 2.24) is 0 Å². The van der Waals surface area contributed by atoms with Gasteiger partial charge in [0, 0.05) is 20.9 Å². The Hall–Kier alpha value is -2.27. The first-order chi connectivity index (χ1) is 13.9. The highest BCUT2D eigenvalue weighted by atomic mass is 35.5. The predicted molar refractivity (Wildman–Crippen MR) is 121 cm³/mol. The molecule has 3 nitrogen and oxygen atoms in total. The van der Waals surface area contributed by atoms with E-state index in [2.05, 4.69) is 0 Å². The number of ketones is 1. The van der Waals surface area contributed by atoms with Gasteiger partial charge in [0.25, 0.3) is 0 Å². The average Bonchev–Trinajstić information content (AvgIpc) is 3.05. The zero-order valence-electron chi connectivity index (χ0n) is 16.3. The third-order valence-electron chi connectivity index (χ3n) is 4.32. The molecule has 6 heteroatoms. The van der Waals surface area contributed by atoms with Crippen LogP contribution < -0.4 is 9.47 Å². The van der Waals surface area contributed by atoms with Crippen molar-refractivity contribution in [2.45, 2.75) is 20.5 Å². The van der Waals surface area contributed by atoms with Crippen LogP contribution in [0.4, 0.5) is 0 Å². The highest BCUT2D eigenvalue weighted by molar-refractivity contribution is 7.12. The summed E-state index contributed by atoms with van der Waals surface area (Å²) in [7, 11) is 1.58. The summed E-state index contributed by atoms with van der Waals surface area (Å²) in [5, 5.41) is 0.966. The Morgan fingerprint density at radius 2 is 1.90 bits per heavy atom. The van der Waals surface area contributed by atoms with Crippen molar-refractivity contribution in [3.8, 4) is 11.5 Å². The van der Waals surface area contributed by atoms with E-state index < -0.39 is 0 Å². The van der Waals surface area contributed by atoms with Crippen LogP contribution in [0.25, 0.3) is 6.08 Å². The van der Waals surface area contributed by atoms with Crippen LogP contribution in [-0.4, -0.2) is 12.9 Å². The van der Waals surface area contributed by atoms with Gasteiger partial charge in [0.2, 0.25) is 0 Å². The first-order valence-electron chi connectivity index (χ1n) is 8.92. The second-order valence-electron chi connectivity index (χ2n) is 6.44. The molecule has 0 spiro atoms. The number of benzene rings is 2. The lowest BCUT2D eigenvalue weighted by Gasteiger charge is -2.14. The molecule has 0 saturated heterocycles. The van der Waals surface area contributed by atoms with Gasteiger partial charge in [0.15, 0.2) is 17.3 Å². The molecule has 0 aliphatic heterocycles. The maximum Gasteiger partial charge on any atom is 0.186 e. The molecule has 29 heavy (non-hydrogen) atoms. The fourth-order valence-corrected chi connectivity index (χ4v) is 4.14. The van der Waals surface area contributed by atoms with E-state index in [-0.39, 0.29) is 12.4 Å². The van der Waals surface area contributed by atoms with Crippen LogP contribution in [0.5, 0.6) is 11.5 Å².